The van der Waals surface area contributed by atoms with Crippen molar-refractivity contribution >= 4 is 21.6 Å². The molecule has 0 aliphatic heterocycles. The van der Waals surface area contributed by atoms with Crippen LogP contribution < -0.4 is 5.84 Å². The largest absolute Gasteiger partial charge is 0.453 e. The third-order valence-corrected chi connectivity index (χ3v) is 4.88. The second kappa shape index (κ2) is 5.96. The Morgan fingerprint density at radius 2 is 1.70 bits per heavy atom. The van der Waals surface area contributed by atoms with Gasteiger partial charge in [-0.15, -0.1) is 10.2 Å². The van der Waals surface area contributed by atoms with E-state index in [1.807, 2.05) is 0 Å². The second-order valence-corrected chi connectivity index (χ2v) is 7.01. The Morgan fingerprint density at radius 3 is 2.13 bits per heavy atom. The number of alkyl halides is 5. The molecule has 0 saturated heterocycles. The Bertz CT molecular complexity index is 802. The average Bonchev–Trinajstić information content (AvgIpc) is 2.80. The Kier molecular flexibility index (Phi) is 4.52. The summed E-state index contributed by atoms with van der Waals surface area (Å²) in [6.45, 7) is 0. The fraction of sp³-hybridized carbons (Fsp3) is 0.200. The summed E-state index contributed by atoms with van der Waals surface area (Å²) in [5, 5.41) is 5.88. The van der Waals surface area contributed by atoms with E-state index in [1.54, 1.807) is 0 Å². The fourth-order valence-corrected chi connectivity index (χ4v) is 2.92. The van der Waals surface area contributed by atoms with Crippen molar-refractivity contribution in [3.8, 4) is 0 Å². The highest BCUT2D eigenvalue weighted by Crippen LogP contribution is 2.32. The highest BCUT2D eigenvalue weighted by molar-refractivity contribution is 7.99. The third-order valence-electron chi connectivity index (χ3n) is 2.51. The molecule has 2 N–H and O–H groups in total. The summed E-state index contributed by atoms with van der Waals surface area (Å²) >= 11 is 0.661. The molecule has 2 rings (SSSR count). The summed E-state index contributed by atoms with van der Waals surface area (Å²) in [6, 6.07) is 4.10. The monoisotopic (exact) mass is 374 g/mol. The number of nitrogen functional groups attached to an aromatic ring is 1. The molecule has 0 amide bonds. The van der Waals surface area contributed by atoms with Gasteiger partial charge in [-0.3, -0.25) is 0 Å². The van der Waals surface area contributed by atoms with Gasteiger partial charge in [0.15, 0.2) is 0 Å². The molecule has 23 heavy (non-hydrogen) atoms. The first-order chi connectivity index (χ1) is 10.5. The van der Waals surface area contributed by atoms with Gasteiger partial charge >= 0.3 is 11.9 Å². The van der Waals surface area contributed by atoms with Gasteiger partial charge in [0.25, 0.3) is 5.82 Å². The molecular weight excluding hydrogens is 367 g/mol. The van der Waals surface area contributed by atoms with E-state index < -0.39 is 32.5 Å². The lowest BCUT2D eigenvalue weighted by molar-refractivity contribution is -0.146. The average molecular weight is 374 g/mol. The van der Waals surface area contributed by atoms with Gasteiger partial charge < -0.3 is 5.84 Å². The van der Waals surface area contributed by atoms with Crippen LogP contribution in [0, 0.1) is 0 Å². The van der Waals surface area contributed by atoms with Crippen molar-refractivity contribution in [2.45, 2.75) is 26.9 Å². The number of benzene rings is 1. The zero-order chi connectivity index (χ0) is 17.4. The summed E-state index contributed by atoms with van der Waals surface area (Å²) < 4.78 is 85.0. The number of halogens is 5. The molecule has 2 aromatic rings. The molecule has 0 aliphatic rings. The first-order valence-electron chi connectivity index (χ1n) is 5.61. The van der Waals surface area contributed by atoms with Gasteiger partial charge in [-0.25, -0.2) is 13.1 Å². The third kappa shape index (κ3) is 3.55. The Hall–Kier alpha value is -1.89. The van der Waals surface area contributed by atoms with E-state index >= 15 is 0 Å². The van der Waals surface area contributed by atoms with E-state index in [2.05, 4.69) is 10.2 Å². The van der Waals surface area contributed by atoms with Gasteiger partial charge in [0, 0.05) is 4.90 Å². The maximum atomic E-state index is 12.5. The number of hydrogen-bond acceptors (Lipinski definition) is 6. The van der Waals surface area contributed by atoms with Gasteiger partial charge in [0.1, 0.15) is 0 Å². The number of aromatic nitrogens is 3. The summed E-state index contributed by atoms with van der Waals surface area (Å²) in [7, 11) is -4.74. The Morgan fingerprint density at radius 1 is 1.13 bits per heavy atom. The van der Waals surface area contributed by atoms with Crippen molar-refractivity contribution in [2.24, 2.45) is 0 Å². The molecule has 0 spiro atoms. The van der Waals surface area contributed by atoms with E-state index in [9.17, 15) is 30.4 Å². The lowest BCUT2D eigenvalue weighted by atomic mass is 10.4. The van der Waals surface area contributed by atoms with Crippen LogP contribution >= 0.6 is 11.8 Å². The number of hydrogen-bond donors (Lipinski definition) is 1. The SMILES string of the molecule is Nn1c(Sc2ccc(S(=O)(=O)C(F)F)cc2)nnc1C(F)(F)F. The lowest BCUT2D eigenvalue weighted by Crippen LogP contribution is -2.21. The summed E-state index contributed by atoms with van der Waals surface area (Å²) in [6.07, 6.45) is -4.78. The van der Waals surface area contributed by atoms with E-state index in [4.69, 9.17) is 5.84 Å². The molecular formula is C10H7F5N4O2S2. The minimum Gasteiger partial charge on any atom is -0.335 e. The molecule has 6 nitrogen and oxygen atoms in total. The normalized spacial score (nSPS) is 12.8. The van der Waals surface area contributed by atoms with Crippen LogP contribution in [0.2, 0.25) is 0 Å². The molecule has 0 saturated carbocycles. The van der Waals surface area contributed by atoms with E-state index in [1.165, 1.54) is 0 Å². The van der Waals surface area contributed by atoms with Gasteiger partial charge in [0.05, 0.1) is 4.90 Å². The molecule has 1 aromatic heterocycles. The van der Waals surface area contributed by atoms with Crippen molar-refractivity contribution in [1.29, 1.82) is 0 Å². The van der Waals surface area contributed by atoms with Crippen LogP contribution in [0.15, 0.2) is 39.2 Å². The topological polar surface area (TPSA) is 90.9 Å². The lowest BCUT2D eigenvalue weighted by Gasteiger charge is -2.06. The summed E-state index contributed by atoms with van der Waals surface area (Å²) in [5.41, 5.74) is 0. The second-order valence-electron chi connectivity index (χ2n) is 4.05. The molecule has 13 heteroatoms. The zero-order valence-corrected chi connectivity index (χ0v) is 12.5. The molecule has 126 valence electrons. The number of nitrogens with two attached hydrogens (primary N) is 1. The smallest absolute Gasteiger partial charge is 0.335 e. The van der Waals surface area contributed by atoms with Crippen LogP contribution in [-0.2, 0) is 16.0 Å². The van der Waals surface area contributed by atoms with Crippen LogP contribution in [-0.4, -0.2) is 29.0 Å². The molecule has 1 aromatic carbocycles. The predicted molar refractivity (Wildman–Crippen MR) is 68.9 cm³/mol. The maximum Gasteiger partial charge on any atom is 0.453 e. The van der Waals surface area contributed by atoms with E-state index in [-0.39, 0.29) is 14.7 Å². The molecule has 1 heterocycles. The Labute approximate surface area is 130 Å². The standard InChI is InChI=1S/C10H7F5N4O2S2/c11-8(12)23(20,21)6-3-1-5(2-4-6)22-9-18-17-7(19(9)16)10(13,14)15/h1-4,8H,16H2. The number of sulfone groups is 1. The van der Waals surface area contributed by atoms with Crippen LogP contribution in [0.3, 0.4) is 0 Å². The van der Waals surface area contributed by atoms with Gasteiger partial charge in [-0.2, -0.15) is 22.0 Å². The van der Waals surface area contributed by atoms with E-state index in [0.717, 1.165) is 24.3 Å². The maximum absolute atomic E-state index is 12.5. The minimum atomic E-state index is -4.78. The van der Waals surface area contributed by atoms with Crippen LogP contribution in [0.4, 0.5) is 22.0 Å². The molecule has 0 radical (unpaired) electrons. The first kappa shape index (κ1) is 17.5. The number of rotatable bonds is 4. The van der Waals surface area contributed by atoms with Crippen LogP contribution in [0.5, 0.6) is 0 Å². The first-order valence-corrected chi connectivity index (χ1v) is 7.97. The van der Waals surface area contributed by atoms with Crippen molar-refractivity contribution < 1.29 is 30.4 Å². The fourth-order valence-electron chi connectivity index (χ4n) is 1.45. The molecule has 0 unspecified atom stereocenters. The predicted octanol–water partition coefficient (Wildman–Crippen LogP) is 2.16. The Balaban J connectivity index is 2.25. The summed E-state index contributed by atoms with van der Waals surface area (Å²) in [5.74, 6) is 0.259. The zero-order valence-electron chi connectivity index (χ0n) is 10.8. The van der Waals surface area contributed by atoms with E-state index in [0.29, 0.717) is 11.8 Å². The quantitative estimate of drug-likeness (QED) is 0.652. The van der Waals surface area contributed by atoms with Crippen molar-refractivity contribution in [3.05, 3.63) is 30.1 Å². The van der Waals surface area contributed by atoms with Crippen molar-refractivity contribution in [3.63, 3.8) is 0 Å². The van der Waals surface area contributed by atoms with Crippen LogP contribution in [0.1, 0.15) is 5.82 Å². The van der Waals surface area contributed by atoms with Crippen molar-refractivity contribution in [1.82, 2.24) is 14.9 Å². The highest BCUT2D eigenvalue weighted by atomic mass is 32.2. The van der Waals surface area contributed by atoms with Gasteiger partial charge in [0.2, 0.25) is 15.0 Å². The molecule has 0 atom stereocenters. The molecule has 0 bridgehead atoms. The van der Waals surface area contributed by atoms with Crippen molar-refractivity contribution in [2.75, 3.05) is 5.84 Å². The van der Waals surface area contributed by atoms with Crippen LogP contribution in [0.25, 0.3) is 0 Å². The van der Waals surface area contributed by atoms with Gasteiger partial charge in [-0.05, 0) is 36.0 Å². The van der Waals surface area contributed by atoms with Gasteiger partial charge in [-0.1, -0.05) is 0 Å². The highest BCUT2D eigenvalue weighted by Gasteiger charge is 2.38. The minimum absolute atomic E-state index is 0.231. The molecule has 0 aliphatic carbocycles. The number of nitrogens with zero attached hydrogens (tertiary/aromatic N) is 3. The molecule has 0 fully saturated rings. The summed E-state index contributed by atoms with van der Waals surface area (Å²) in [4.78, 5) is -0.368.